The molecule has 0 atom stereocenters. The van der Waals surface area contributed by atoms with E-state index in [1.54, 1.807) is 9.80 Å². The highest BCUT2D eigenvalue weighted by atomic mass is 16.7. The molecule has 2 fully saturated rings. The number of benzene rings is 8. The molecule has 84 heavy (non-hydrogen) atoms. The van der Waals surface area contributed by atoms with Crippen molar-refractivity contribution in [3.05, 3.63) is 108 Å². The summed E-state index contributed by atoms with van der Waals surface area (Å²) in [5.41, 5.74) is 2.29. The smallest absolute Gasteiger partial charge is 0.443 e. The summed E-state index contributed by atoms with van der Waals surface area (Å²) in [5, 5.41) is 8.63. The Morgan fingerprint density at radius 2 is 0.726 bits per heavy atom. The number of anilines is 4. The first-order valence-corrected chi connectivity index (χ1v) is 31.6. The van der Waals surface area contributed by atoms with Crippen molar-refractivity contribution < 1.29 is 37.7 Å². The van der Waals surface area contributed by atoms with Gasteiger partial charge in [-0.1, -0.05) is 151 Å². The Bertz CT molecular complexity index is 3380. The molecule has 2 saturated heterocycles. The van der Waals surface area contributed by atoms with Gasteiger partial charge in [-0.2, -0.15) is 0 Å². The standard InChI is InChI=1S/C72H92B2N2O8/c1-17-19-21-23-25-27-31-47-37-41-49(42-38-47)75(65(77)79-67(3,4)5)63-53-35-29-33-51-58(74-83-71(13,14)72(15,16)84-74)46-56-62(59(51)53)61-55(63)45-57(73-81-69(9,10)70(11,12)82-73)52-34-30-36-54(60(52)61)64(56)76(66(78)80-68(6,7)8)50-43-39-48(40-44-50)32-28-26-24-22-20-18-2/h29-30,33-46H,17-28,31-32H2,1-16H3. The quantitative estimate of drug-likeness (QED) is 0.0322. The first-order chi connectivity index (χ1) is 39.7. The topological polar surface area (TPSA) is 96.0 Å². The number of carbonyl (C=O) groups excluding carboxylic acids is 2. The van der Waals surface area contributed by atoms with Gasteiger partial charge in [0.1, 0.15) is 11.2 Å². The van der Waals surface area contributed by atoms with Crippen LogP contribution in [0.1, 0.15) is 199 Å². The molecule has 12 heteroatoms. The van der Waals surface area contributed by atoms with Gasteiger partial charge in [0, 0.05) is 32.3 Å². The van der Waals surface area contributed by atoms with E-state index in [-0.39, 0.29) is 0 Å². The van der Waals surface area contributed by atoms with E-state index >= 15 is 9.59 Å². The molecular weight excluding hydrogens is 1040 g/mol. The summed E-state index contributed by atoms with van der Waals surface area (Å²) in [5.74, 6) is 0. The molecule has 0 aromatic heterocycles. The van der Waals surface area contributed by atoms with Crippen LogP contribution in [0.2, 0.25) is 0 Å². The molecule has 0 bridgehead atoms. The summed E-state index contributed by atoms with van der Waals surface area (Å²) in [6.45, 7) is 32.6. The predicted molar refractivity (Wildman–Crippen MR) is 352 cm³/mol. The highest BCUT2D eigenvalue weighted by molar-refractivity contribution is 6.68. The van der Waals surface area contributed by atoms with Crippen LogP contribution in [0.25, 0.3) is 53.9 Å². The van der Waals surface area contributed by atoms with Gasteiger partial charge in [-0.05, 0) is 190 Å². The number of aryl methyl sites for hydroxylation is 2. The molecule has 8 aromatic rings. The molecule has 0 aliphatic carbocycles. The van der Waals surface area contributed by atoms with Crippen LogP contribution in [-0.4, -0.2) is 60.0 Å². The van der Waals surface area contributed by atoms with Crippen LogP contribution < -0.4 is 20.7 Å². The van der Waals surface area contributed by atoms with Crippen LogP contribution in [0.15, 0.2) is 97.1 Å². The van der Waals surface area contributed by atoms with E-state index in [4.69, 9.17) is 28.1 Å². The van der Waals surface area contributed by atoms with Crippen molar-refractivity contribution in [3.63, 3.8) is 0 Å². The van der Waals surface area contributed by atoms with Gasteiger partial charge >= 0.3 is 26.4 Å². The normalized spacial score (nSPS) is 16.8. The predicted octanol–water partition coefficient (Wildman–Crippen LogP) is 18.9. The molecule has 8 aromatic carbocycles. The Hall–Kier alpha value is -5.91. The minimum absolute atomic E-state index is 0.513. The summed E-state index contributed by atoms with van der Waals surface area (Å²) in [7, 11) is -1.61. The molecule has 0 N–H and O–H groups in total. The lowest BCUT2D eigenvalue weighted by Gasteiger charge is -2.33. The number of nitrogens with zero attached hydrogens (tertiary/aromatic N) is 2. The number of carbonyl (C=O) groups is 2. The van der Waals surface area contributed by atoms with Crippen LogP contribution in [0.4, 0.5) is 32.3 Å². The summed E-state index contributed by atoms with van der Waals surface area (Å²) in [6, 6.07) is 34.0. The minimum Gasteiger partial charge on any atom is -0.443 e. The molecule has 2 aliphatic heterocycles. The maximum atomic E-state index is 15.7. The van der Waals surface area contributed by atoms with E-state index in [2.05, 4.69) is 166 Å². The Kier molecular flexibility index (Phi) is 17.0. The SMILES string of the molecule is CCCCCCCCc1ccc(N(C(=O)OC(C)(C)C)c2c3cccc4c(B5OC(C)(C)C(C)(C)O5)cc5c(N(C(=O)OC(C)(C)C)c6ccc(CCCCCCCC)cc6)c6cccc7c(B8OC(C)(C)C(C)(C)O8)cc2c(c76)c5c43)cc1. The van der Waals surface area contributed by atoms with Crippen molar-refractivity contribution in [2.75, 3.05) is 9.80 Å². The second-order valence-corrected chi connectivity index (χ2v) is 28.1. The second kappa shape index (κ2) is 23.4. The van der Waals surface area contributed by atoms with Crippen LogP contribution in [0.3, 0.4) is 0 Å². The van der Waals surface area contributed by atoms with Gasteiger partial charge in [0.25, 0.3) is 0 Å². The number of hydrogen-bond donors (Lipinski definition) is 0. The summed E-state index contributed by atoms with van der Waals surface area (Å²) in [4.78, 5) is 35.0. The average Bonchev–Trinajstić information content (AvgIpc) is 0.709. The molecule has 0 unspecified atom stereocenters. The maximum absolute atomic E-state index is 15.7. The van der Waals surface area contributed by atoms with Crippen molar-refractivity contribution in [1.82, 2.24) is 0 Å². The van der Waals surface area contributed by atoms with Gasteiger partial charge in [-0.15, -0.1) is 0 Å². The highest BCUT2D eigenvalue weighted by Crippen LogP contribution is 2.54. The van der Waals surface area contributed by atoms with Crippen molar-refractivity contribution >= 4 is 114 Å². The Balaban J connectivity index is 1.32. The Morgan fingerprint density at radius 3 is 1.05 bits per heavy atom. The number of unbranched alkanes of at least 4 members (excludes halogenated alkanes) is 10. The lowest BCUT2D eigenvalue weighted by atomic mass is 9.70. The molecule has 0 spiro atoms. The van der Waals surface area contributed by atoms with Crippen LogP contribution >= 0.6 is 0 Å². The fraction of sp³-hybridized carbons (Fsp3) is 0.500. The number of ether oxygens (including phenoxy) is 2. The Labute approximate surface area is 501 Å². The van der Waals surface area contributed by atoms with Gasteiger partial charge in [0.2, 0.25) is 0 Å². The van der Waals surface area contributed by atoms with Gasteiger partial charge in [0.05, 0.1) is 45.2 Å². The summed E-state index contributed by atoms with van der Waals surface area (Å²) >= 11 is 0. The highest BCUT2D eigenvalue weighted by Gasteiger charge is 2.54. The zero-order chi connectivity index (χ0) is 60.3. The molecule has 10 rings (SSSR count). The number of hydrogen-bond acceptors (Lipinski definition) is 8. The molecule has 0 radical (unpaired) electrons. The van der Waals surface area contributed by atoms with Crippen LogP contribution in [0, 0.1) is 0 Å². The third-order valence-corrected chi connectivity index (χ3v) is 18.3. The van der Waals surface area contributed by atoms with E-state index in [1.807, 2.05) is 41.5 Å². The van der Waals surface area contributed by atoms with Crippen molar-refractivity contribution in [2.45, 2.75) is 234 Å². The molecule has 444 valence electrons. The molecular formula is C72H92B2N2O8. The van der Waals surface area contributed by atoms with E-state index in [1.165, 1.54) is 75.3 Å². The van der Waals surface area contributed by atoms with E-state index in [0.29, 0.717) is 22.7 Å². The largest absolute Gasteiger partial charge is 0.495 e. The fourth-order valence-corrected chi connectivity index (χ4v) is 12.5. The number of amides is 2. The summed E-state index contributed by atoms with van der Waals surface area (Å²) in [6.07, 6.45) is 15.4. The molecule has 10 nitrogen and oxygen atoms in total. The molecule has 2 heterocycles. The van der Waals surface area contributed by atoms with Gasteiger partial charge < -0.3 is 28.1 Å². The second-order valence-electron chi connectivity index (χ2n) is 28.1. The zero-order valence-corrected chi connectivity index (χ0v) is 53.5. The first-order valence-electron chi connectivity index (χ1n) is 31.6. The maximum Gasteiger partial charge on any atom is 0.495 e. The monoisotopic (exact) mass is 1130 g/mol. The van der Waals surface area contributed by atoms with Crippen molar-refractivity contribution in [3.8, 4) is 0 Å². The summed E-state index contributed by atoms with van der Waals surface area (Å²) < 4.78 is 41.3. The third-order valence-electron chi connectivity index (χ3n) is 18.3. The Morgan fingerprint density at radius 1 is 0.417 bits per heavy atom. The number of rotatable bonds is 20. The average molecular weight is 1140 g/mol. The molecule has 2 amide bonds. The third kappa shape index (κ3) is 11.9. The van der Waals surface area contributed by atoms with Crippen molar-refractivity contribution in [1.29, 1.82) is 0 Å². The van der Waals surface area contributed by atoms with Gasteiger partial charge in [-0.25, -0.2) is 19.4 Å². The first kappa shape index (κ1) is 61.2. The van der Waals surface area contributed by atoms with Crippen molar-refractivity contribution in [2.24, 2.45) is 0 Å². The lowest BCUT2D eigenvalue weighted by molar-refractivity contribution is 0.00578. The lowest BCUT2D eigenvalue weighted by Crippen LogP contribution is -2.41. The van der Waals surface area contributed by atoms with Crippen LogP contribution in [-0.2, 0) is 40.9 Å². The van der Waals surface area contributed by atoms with E-state index in [0.717, 1.165) is 90.5 Å². The van der Waals surface area contributed by atoms with Gasteiger partial charge in [-0.3, -0.25) is 0 Å². The molecule has 0 saturated carbocycles. The van der Waals surface area contributed by atoms with Crippen LogP contribution in [0.5, 0.6) is 0 Å². The zero-order valence-electron chi connectivity index (χ0n) is 53.5. The minimum atomic E-state index is -0.844. The molecule has 2 aliphatic rings. The van der Waals surface area contributed by atoms with Gasteiger partial charge in [0.15, 0.2) is 0 Å². The van der Waals surface area contributed by atoms with E-state index in [9.17, 15) is 0 Å². The van der Waals surface area contributed by atoms with E-state index < -0.39 is 60.0 Å². The fourth-order valence-electron chi connectivity index (χ4n) is 12.5.